The molecular weight excluding hydrogens is 266 g/mol. The van der Waals surface area contributed by atoms with E-state index in [2.05, 4.69) is 19.2 Å². The monoisotopic (exact) mass is 279 g/mol. The Hall–Kier alpha value is -1.80. The molecule has 3 rings (SSSR count). The van der Waals surface area contributed by atoms with Crippen molar-refractivity contribution in [2.75, 3.05) is 18.5 Å². The van der Waals surface area contributed by atoms with Gasteiger partial charge in [0.2, 0.25) is 0 Å². The largest absolute Gasteiger partial charge is 0.377 e. The second-order valence-electron chi connectivity index (χ2n) is 4.41. The van der Waals surface area contributed by atoms with Gasteiger partial charge in [-0.3, -0.25) is 4.79 Å². The molecule has 0 radical (unpaired) electrons. The zero-order valence-electron chi connectivity index (χ0n) is 10.3. The lowest BCUT2D eigenvalue weighted by molar-refractivity contribution is 0.182. The molecule has 8 heteroatoms. The van der Waals surface area contributed by atoms with E-state index >= 15 is 0 Å². The van der Waals surface area contributed by atoms with Gasteiger partial charge in [-0.05, 0) is 13.0 Å². The van der Waals surface area contributed by atoms with Gasteiger partial charge in [0.25, 0.3) is 5.56 Å². The number of aromatic nitrogens is 4. The van der Waals surface area contributed by atoms with Crippen LogP contribution in [-0.2, 0) is 4.74 Å². The second kappa shape index (κ2) is 5.06. The highest BCUT2D eigenvalue weighted by atomic mass is 32.1. The van der Waals surface area contributed by atoms with Crippen molar-refractivity contribution in [3.05, 3.63) is 34.4 Å². The first kappa shape index (κ1) is 12.2. The molecule has 1 saturated heterocycles. The standard InChI is InChI=1S/C11H13N5O2S/c1-7-2-3-11(17)16(14-7)9-6-18-5-8(9)13-10-4-12-19-15-10/h2-4,8-9H,5-6H2,1H3,(H,13,15). The van der Waals surface area contributed by atoms with Gasteiger partial charge in [0.1, 0.15) is 6.04 Å². The van der Waals surface area contributed by atoms with Crippen LogP contribution < -0.4 is 10.9 Å². The molecule has 0 aliphatic carbocycles. The van der Waals surface area contributed by atoms with Gasteiger partial charge in [0, 0.05) is 6.07 Å². The Morgan fingerprint density at radius 1 is 1.47 bits per heavy atom. The Kier molecular flexibility index (Phi) is 3.26. The molecule has 2 aromatic heterocycles. The molecule has 0 bridgehead atoms. The molecule has 2 atom stereocenters. The molecule has 100 valence electrons. The van der Waals surface area contributed by atoms with Crippen LogP contribution >= 0.6 is 11.7 Å². The Bertz CT molecular complexity index is 612. The number of nitrogens with zero attached hydrogens (tertiary/aromatic N) is 4. The fourth-order valence-corrected chi connectivity index (χ4v) is 2.48. The van der Waals surface area contributed by atoms with Crippen LogP contribution in [0.15, 0.2) is 23.1 Å². The summed E-state index contributed by atoms with van der Waals surface area (Å²) in [6, 6.07) is 3.08. The first-order valence-corrected chi connectivity index (χ1v) is 6.65. The van der Waals surface area contributed by atoms with E-state index in [4.69, 9.17) is 4.74 Å². The number of ether oxygens (including phenoxy) is 1. The molecule has 0 aromatic carbocycles. The number of aryl methyl sites for hydroxylation is 1. The quantitative estimate of drug-likeness (QED) is 0.878. The normalized spacial score (nSPS) is 22.6. The topological polar surface area (TPSA) is 81.9 Å². The Balaban J connectivity index is 1.86. The van der Waals surface area contributed by atoms with E-state index in [-0.39, 0.29) is 17.6 Å². The van der Waals surface area contributed by atoms with E-state index < -0.39 is 0 Å². The lowest BCUT2D eigenvalue weighted by Gasteiger charge is -2.19. The minimum absolute atomic E-state index is 0.0316. The van der Waals surface area contributed by atoms with Crippen molar-refractivity contribution >= 4 is 17.5 Å². The molecule has 2 unspecified atom stereocenters. The van der Waals surface area contributed by atoms with Crippen LogP contribution in [0.5, 0.6) is 0 Å². The molecule has 3 heterocycles. The summed E-state index contributed by atoms with van der Waals surface area (Å²) in [5.41, 5.74) is 0.685. The molecule has 0 amide bonds. The van der Waals surface area contributed by atoms with Gasteiger partial charge in [-0.25, -0.2) is 4.68 Å². The average molecular weight is 279 g/mol. The molecule has 2 aromatic rings. The van der Waals surface area contributed by atoms with Crippen molar-refractivity contribution < 1.29 is 4.74 Å². The average Bonchev–Trinajstić information content (AvgIpc) is 3.04. The first-order valence-electron chi connectivity index (χ1n) is 5.92. The predicted octanol–water partition coefficient (Wildman–Crippen LogP) is 0.455. The number of hydrogen-bond donors (Lipinski definition) is 1. The van der Waals surface area contributed by atoms with E-state index in [0.29, 0.717) is 19.0 Å². The van der Waals surface area contributed by atoms with E-state index in [1.165, 1.54) is 10.7 Å². The van der Waals surface area contributed by atoms with Gasteiger partial charge in [-0.1, -0.05) is 0 Å². The van der Waals surface area contributed by atoms with Crippen molar-refractivity contribution in [3.8, 4) is 0 Å². The van der Waals surface area contributed by atoms with Crippen LogP contribution in [0.1, 0.15) is 11.7 Å². The molecule has 0 saturated carbocycles. The summed E-state index contributed by atoms with van der Waals surface area (Å²) in [6.07, 6.45) is 1.66. The summed E-state index contributed by atoms with van der Waals surface area (Å²) >= 11 is 1.14. The van der Waals surface area contributed by atoms with Crippen molar-refractivity contribution in [2.45, 2.75) is 19.0 Å². The number of nitrogens with one attached hydrogen (secondary N) is 1. The maximum absolute atomic E-state index is 11.9. The van der Waals surface area contributed by atoms with Gasteiger partial charge in [0.15, 0.2) is 5.82 Å². The van der Waals surface area contributed by atoms with E-state index in [1.807, 2.05) is 6.92 Å². The zero-order valence-corrected chi connectivity index (χ0v) is 11.1. The van der Waals surface area contributed by atoms with Crippen LogP contribution in [0.3, 0.4) is 0 Å². The lowest BCUT2D eigenvalue weighted by Crippen LogP contribution is -2.37. The Morgan fingerprint density at radius 2 is 2.37 bits per heavy atom. The molecular formula is C11H13N5O2S. The Labute approximate surface area is 113 Å². The predicted molar refractivity (Wildman–Crippen MR) is 70.4 cm³/mol. The minimum atomic E-state index is -0.130. The maximum Gasteiger partial charge on any atom is 0.267 e. The van der Waals surface area contributed by atoms with Gasteiger partial charge < -0.3 is 10.1 Å². The van der Waals surface area contributed by atoms with Crippen LogP contribution in [-0.4, -0.2) is 37.8 Å². The summed E-state index contributed by atoms with van der Waals surface area (Å²) in [7, 11) is 0. The molecule has 1 aliphatic rings. The number of anilines is 1. The third-order valence-electron chi connectivity index (χ3n) is 3.02. The minimum Gasteiger partial charge on any atom is -0.377 e. The molecule has 0 spiro atoms. The first-order chi connectivity index (χ1) is 9.24. The summed E-state index contributed by atoms with van der Waals surface area (Å²) in [5.74, 6) is 0.700. The third kappa shape index (κ3) is 2.49. The summed E-state index contributed by atoms with van der Waals surface area (Å²) < 4.78 is 15.0. The fourth-order valence-electron chi connectivity index (χ4n) is 2.10. The van der Waals surface area contributed by atoms with Gasteiger partial charge in [-0.2, -0.15) is 13.8 Å². The molecule has 1 aliphatic heterocycles. The Morgan fingerprint density at radius 3 is 3.16 bits per heavy atom. The summed E-state index contributed by atoms with van der Waals surface area (Å²) in [6.45, 7) is 2.84. The van der Waals surface area contributed by atoms with Crippen molar-refractivity contribution in [1.29, 1.82) is 0 Å². The van der Waals surface area contributed by atoms with E-state index in [9.17, 15) is 4.79 Å². The highest BCUT2D eigenvalue weighted by Crippen LogP contribution is 2.20. The van der Waals surface area contributed by atoms with E-state index in [0.717, 1.165) is 17.4 Å². The van der Waals surface area contributed by atoms with Crippen molar-refractivity contribution in [2.24, 2.45) is 0 Å². The smallest absolute Gasteiger partial charge is 0.267 e. The van der Waals surface area contributed by atoms with E-state index in [1.54, 1.807) is 12.3 Å². The number of hydrogen-bond acceptors (Lipinski definition) is 7. The van der Waals surface area contributed by atoms with Gasteiger partial charge >= 0.3 is 0 Å². The van der Waals surface area contributed by atoms with Gasteiger partial charge in [0.05, 0.1) is 42.9 Å². The van der Waals surface area contributed by atoms with Gasteiger partial charge in [-0.15, -0.1) is 0 Å². The fraction of sp³-hybridized carbons (Fsp3) is 0.455. The van der Waals surface area contributed by atoms with Crippen LogP contribution in [0, 0.1) is 6.92 Å². The maximum atomic E-state index is 11.9. The number of rotatable bonds is 3. The second-order valence-corrected chi connectivity index (χ2v) is 4.96. The molecule has 19 heavy (non-hydrogen) atoms. The molecule has 1 N–H and O–H groups in total. The lowest BCUT2D eigenvalue weighted by atomic mass is 10.1. The molecule has 1 fully saturated rings. The highest BCUT2D eigenvalue weighted by Gasteiger charge is 2.31. The van der Waals surface area contributed by atoms with Crippen molar-refractivity contribution in [3.63, 3.8) is 0 Å². The highest BCUT2D eigenvalue weighted by molar-refractivity contribution is 6.99. The zero-order chi connectivity index (χ0) is 13.2. The third-order valence-corrected chi connectivity index (χ3v) is 3.50. The van der Waals surface area contributed by atoms with Crippen LogP contribution in [0.2, 0.25) is 0 Å². The van der Waals surface area contributed by atoms with Crippen molar-refractivity contribution in [1.82, 2.24) is 18.5 Å². The molecule has 7 nitrogen and oxygen atoms in total. The van der Waals surface area contributed by atoms with Crippen LogP contribution in [0.4, 0.5) is 5.82 Å². The SMILES string of the molecule is Cc1ccc(=O)n(C2COCC2Nc2cnsn2)n1. The summed E-state index contributed by atoms with van der Waals surface area (Å²) in [5, 5.41) is 7.51. The van der Waals surface area contributed by atoms with Crippen LogP contribution in [0.25, 0.3) is 0 Å². The summed E-state index contributed by atoms with van der Waals surface area (Å²) in [4.78, 5) is 11.9.